The van der Waals surface area contributed by atoms with Crippen molar-refractivity contribution in [2.24, 2.45) is 0 Å². The number of hydrogen-bond donors (Lipinski definition) is 1. The minimum atomic E-state index is 0.615. The van der Waals surface area contributed by atoms with Crippen molar-refractivity contribution in [2.75, 3.05) is 6.54 Å². The zero-order chi connectivity index (χ0) is 12.1. The maximum Gasteiger partial charge on any atom is 0.0682 e. The van der Waals surface area contributed by atoms with Gasteiger partial charge in [-0.05, 0) is 32.4 Å². The highest BCUT2D eigenvalue weighted by molar-refractivity contribution is 5.78. The lowest BCUT2D eigenvalue weighted by molar-refractivity contribution is 0.494. The van der Waals surface area contributed by atoms with Crippen molar-refractivity contribution in [1.29, 1.82) is 0 Å². The molecule has 3 nitrogen and oxygen atoms in total. The Morgan fingerprint density at radius 1 is 1.35 bits per heavy atom. The van der Waals surface area contributed by atoms with E-state index in [0.717, 1.165) is 19.5 Å². The predicted octanol–water partition coefficient (Wildman–Crippen LogP) is 2.81. The van der Waals surface area contributed by atoms with Crippen LogP contribution in [-0.4, -0.2) is 22.4 Å². The lowest BCUT2D eigenvalue weighted by Gasteiger charge is -2.11. The van der Waals surface area contributed by atoms with Gasteiger partial charge in [-0.25, -0.2) is 0 Å². The van der Waals surface area contributed by atoms with E-state index in [9.17, 15) is 0 Å². The second-order valence-corrected chi connectivity index (χ2v) is 4.54. The smallest absolute Gasteiger partial charge is 0.0682 e. The first-order chi connectivity index (χ1) is 8.31. The van der Waals surface area contributed by atoms with E-state index in [0.29, 0.717) is 6.04 Å². The van der Waals surface area contributed by atoms with E-state index >= 15 is 0 Å². The van der Waals surface area contributed by atoms with E-state index in [1.807, 2.05) is 6.20 Å². The molecule has 0 saturated carbocycles. The lowest BCUT2D eigenvalue weighted by Crippen LogP contribution is -2.26. The Morgan fingerprint density at radius 3 is 3.00 bits per heavy atom. The van der Waals surface area contributed by atoms with Gasteiger partial charge >= 0.3 is 0 Å². The minimum Gasteiger partial charge on any atom is -0.314 e. The lowest BCUT2D eigenvalue weighted by atomic mass is 10.2. The van der Waals surface area contributed by atoms with Crippen LogP contribution in [0.25, 0.3) is 10.9 Å². The van der Waals surface area contributed by atoms with Gasteiger partial charge in [0.2, 0.25) is 0 Å². The van der Waals surface area contributed by atoms with Crippen molar-refractivity contribution < 1.29 is 0 Å². The third kappa shape index (κ3) is 3.07. The third-order valence-electron chi connectivity index (χ3n) is 3.20. The number of hydrogen-bond acceptors (Lipinski definition) is 2. The summed E-state index contributed by atoms with van der Waals surface area (Å²) in [5.74, 6) is 0. The summed E-state index contributed by atoms with van der Waals surface area (Å²) in [7, 11) is 0. The molecule has 1 atom stereocenters. The Bertz CT molecular complexity index is 461. The summed E-state index contributed by atoms with van der Waals surface area (Å²) in [5.41, 5.74) is 1.23. The molecule has 2 rings (SSSR count). The molecule has 0 fully saturated rings. The molecule has 0 amide bonds. The Kier molecular flexibility index (Phi) is 4.15. The Labute approximate surface area is 103 Å². The van der Waals surface area contributed by atoms with Crippen molar-refractivity contribution in [2.45, 2.75) is 39.3 Å². The summed E-state index contributed by atoms with van der Waals surface area (Å²) in [5, 5.41) is 9.15. The fourth-order valence-electron chi connectivity index (χ4n) is 1.93. The van der Waals surface area contributed by atoms with Gasteiger partial charge in [-0.2, -0.15) is 5.10 Å². The number of aromatic nitrogens is 2. The number of nitrogens with one attached hydrogen (secondary N) is 1. The van der Waals surface area contributed by atoms with Crippen LogP contribution in [0, 0.1) is 0 Å². The average molecular weight is 231 g/mol. The molecule has 0 spiro atoms. The number of para-hydroxylation sites is 1. The van der Waals surface area contributed by atoms with Crippen LogP contribution in [0.5, 0.6) is 0 Å². The van der Waals surface area contributed by atoms with Crippen molar-refractivity contribution in [3.05, 3.63) is 30.5 Å². The van der Waals surface area contributed by atoms with E-state index < -0.39 is 0 Å². The Morgan fingerprint density at radius 2 is 2.18 bits per heavy atom. The zero-order valence-electron chi connectivity index (χ0n) is 10.7. The molecule has 0 radical (unpaired) electrons. The molecule has 3 heteroatoms. The minimum absolute atomic E-state index is 0.615. The van der Waals surface area contributed by atoms with Gasteiger partial charge in [-0.1, -0.05) is 25.1 Å². The fourth-order valence-corrected chi connectivity index (χ4v) is 1.93. The summed E-state index contributed by atoms with van der Waals surface area (Å²) in [6.07, 6.45) is 4.25. The van der Waals surface area contributed by atoms with Crippen molar-refractivity contribution in [3.8, 4) is 0 Å². The number of nitrogens with zero attached hydrogens (tertiary/aromatic N) is 2. The first-order valence-electron chi connectivity index (χ1n) is 6.45. The molecule has 0 aliphatic rings. The Balaban J connectivity index is 1.87. The molecular formula is C14H21N3. The molecule has 0 bridgehead atoms. The number of fused-ring (bicyclic) bond motifs is 1. The van der Waals surface area contributed by atoms with Crippen LogP contribution < -0.4 is 5.32 Å². The van der Waals surface area contributed by atoms with E-state index in [2.05, 4.69) is 53.2 Å². The van der Waals surface area contributed by atoms with Gasteiger partial charge in [0, 0.05) is 18.0 Å². The van der Waals surface area contributed by atoms with Crippen LogP contribution in [0.4, 0.5) is 0 Å². The third-order valence-corrected chi connectivity index (χ3v) is 3.20. The monoisotopic (exact) mass is 231 g/mol. The quantitative estimate of drug-likeness (QED) is 0.775. The maximum atomic E-state index is 4.42. The van der Waals surface area contributed by atoms with Gasteiger partial charge in [0.05, 0.1) is 11.7 Å². The van der Waals surface area contributed by atoms with Crippen LogP contribution in [0.15, 0.2) is 30.5 Å². The molecule has 0 aliphatic heterocycles. The second kappa shape index (κ2) is 5.82. The van der Waals surface area contributed by atoms with E-state index in [1.54, 1.807) is 0 Å². The molecular weight excluding hydrogens is 210 g/mol. The summed E-state index contributed by atoms with van der Waals surface area (Å²) >= 11 is 0. The second-order valence-electron chi connectivity index (χ2n) is 4.54. The normalized spacial score (nSPS) is 13.1. The molecule has 0 aliphatic carbocycles. The van der Waals surface area contributed by atoms with Crippen molar-refractivity contribution >= 4 is 10.9 Å². The van der Waals surface area contributed by atoms with E-state index in [1.165, 1.54) is 17.3 Å². The van der Waals surface area contributed by atoms with E-state index in [4.69, 9.17) is 0 Å². The molecule has 92 valence electrons. The molecule has 0 saturated heterocycles. The van der Waals surface area contributed by atoms with E-state index in [-0.39, 0.29) is 0 Å². The fraction of sp³-hybridized carbons (Fsp3) is 0.500. The first-order valence-corrected chi connectivity index (χ1v) is 6.45. The van der Waals surface area contributed by atoms with Crippen molar-refractivity contribution in [3.63, 3.8) is 0 Å². The Hall–Kier alpha value is -1.35. The molecule has 1 aromatic carbocycles. The summed E-state index contributed by atoms with van der Waals surface area (Å²) in [6, 6.07) is 8.97. The summed E-state index contributed by atoms with van der Waals surface area (Å²) < 4.78 is 2.09. The largest absolute Gasteiger partial charge is 0.314 e. The SMILES string of the molecule is CC[C@H](C)NCCCn1ncc2ccccc21. The predicted molar refractivity (Wildman–Crippen MR) is 72.1 cm³/mol. The van der Waals surface area contributed by atoms with Crippen LogP contribution in [0.1, 0.15) is 26.7 Å². The van der Waals surface area contributed by atoms with Gasteiger partial charge in [0.25, 0.3) is 0 Å². The molecule has 1 heterocycles. The maximum absolute atomic E-state index is 4.42. The van der Waals surface area contributed by atoms with Gasteiger partial charge in [-0.15, -0.1) is 0 Å². The number of benzene rings is 1. The van der Waals surface area contributed by atoms with Crippen LogP contribution in [0.2, 0.25) is 0 Å². The highest BCUT2D eigenvalue weighted by Gasteiger charge is 2.01. The highest BCUT2D eigenvalue weighted by atomic mass is 15.3. The standard InChI is InChI=1S/C14H21N3/c1-3-12(2)15-9-6-10-17-14-8-5-4-7-13(14)11-16-17/h4-5,7-8,11-12,15H,3,6,9-10H2,1-2H3/t12-/m0/s1. The molecule has 2 aromatic rings. The van der Waals surface area contributed by atoms with Gasteiger partial charge in [-0.3, -0.25) is 4.68 Å². The number of aryl methyl sites for hydroxylation is 1. The number of rotatable bonds is 6. The molecule has 1 N–H and O–H groups in total. The summed E-state index contributed by atoms with van der Waals surface area (Å²) in [4.78, 5) is 0. The van der Waals surface area contributed by atoms with Crippen LogP contribution in [-0.2, 0) is 6.54 Å². The van der Waals surface area contributed by atoms with Crippen LogP contribution >= 0.6 is 0 Å². The van der Waals surface area contributed by atoms with Gasteiger partial charge in [0.15, 0.2) is 0 Å². The van der Waals surface area contributed by atoms with Gasteiger partial charge < -0.3 is 5.32 Å². The van der Waals surface area contributed by atoms with Crippen molar-refractivity contribution in [1.82, 2.24) is 15.1 Å². The van der Waals surface area contributed by atoms with Gasteiger partial charge in [0.1, 0.15) is 0 Å². The molecule has 17 heavy (non-hydrogen) atoms. The topological polar surface area (TPSA) is 29.9 Å². The highest BCUT2D eigenvalue weighted by Crippen LogP contribution is 2.12. The first kappa shape index (κ1) is 12.1. The zero-order valence-corrected chi connectivity index (χ0v) is 10.7. The molecule has 1 aromatic heterocycles. The average Bonchev–Trinajstić information content (AvgIpc) is 2.78. The molecule has 0 unspecified atom stereocenters. The summed E-state index contributed by atoms with van der Waals surface area (Å²) in [6.45, 7) is 6.47. The van der Waals surface area contributed by atoms with Crippen LogP contribution in [0.3, 0.4) is 0 Å².